The molecule has 1 heterocycles. The minimum absolute atomic E-state index is 0.0000850. The van der Waals surface area contributed by atoms with Gasteiger partial charge in [0, 0.05) is 12.1 Å². The van der Waals surface area contributed by atoms with E-state index in [1.807, 2.05) is 0 Å². The molecule has 1 aromatic heterocycles. The molecule has 0 aliphatic heterocycles. The second-order valence-corrected chi connectivity index (χ2v) is 3.54. The molecule has 0 bridgehead atoms. The van der Waals surface area contributed by atoms with Crippen molar-refractivity contribution in [1.82, 2.24) is 14.8 Å². The highest BCUT2D eigenvalue weighted by atomic mass is 32.1. The molecule has 0 saturated heterocycles. The Labute approximate surface area is 98.3 Å². The third kappa shape index (κ3) is 1.96. The molecule has 4 nitrogen and oxygen atoms in total. The number of rotatable bonds is 2. The number of aliphatic hydroxyl groups excluding tert-OH is 1. The van der Waals surface area contributed by atoms with Crippen LogP contribution < -0.4 is 0 Å². The summed E-state index contributed by atoms with van der Waals surface area (Å²) in [6.45, 7) is -0.522. The van der Waals surface area contributed by atoms with Gasteiger partial charge in [0.15, 0.2) is 22.2 Å². The van der Waals surface area contributed by atoms with Crippen LogP contribution in [-0.4, -0.2) is 19.9 Å². The van der Waals surface area contributed by atoms with Crippen LogP contribution in [-0.2, 0) is 6.61 Å². The van der Waals surface area contributed by atoms with Crippen molar-refractivity contribution >= 4 is 12.2 Å². The quantitative estimate of drug-likeness (QED) is 0.640. The summed E-state index contributed by atoms with van der Waals surface area (Å²) in [5, 5.41) is 14.9. The van der Waals surface area contributed by atoms with Crippen LogP contribution in [0.15, 0.2) is 12.1 Å². The van der Waals surface area contributed by atoms with Crippen LogP contribution in [0.5, 0.6) is 0 Å². The molecule has 0 aliphatic carbocycles. The zero-order valence-corrected chi connectivity index (χ0v) is 9.06. The van der Waals surface area contributed by atoms with E-state index in [2.05, 4.69) is 10.2 Å². The average molecular weight is 261 g/mol. The number of aromatic nitrogens is 3. The fourth-order valence-electron chi connectivity index (χ4n) is 1.37. The Morgan fingerprint density at radius 1 is 1.24 bits per heavy atom. The van der Waals surface area contributed by atoms with E-state index >= 15 is 0 Å². The first-order chi connectivity index (χ1) is 8.04. The zero-order chi connectivity index (χ0) is 12.6. The normalized spacial score (nSPS) is 10.8. The molecular formula is C9H6F3N3OS. The van der Waals surface area contributed by atoms with E-state index in [4.69, 9.17) is 17.3 Å². The Hall–Kier alpha value is -1.67. The second-order valence-electron chi connectivity index (χ2n) is 3.16. The number of H-pyrrole nitrogens is 1. The summed E-state index contributed by atoms with van der Waals surface area (Å²) in [6, 6.07) is 1.05. The molecule has 2 N–H and O–H groups in total. The van der Waals surface area contributed by atoms with E-state index in [9.17, 15) is 13.2 Å². The molecule has 8 heteroatoms. The van der Waals surface area contributed by atoms with E-state index in [-0.39, 0.29) is 16.3 Å². The van der Waals surface area contributed by atoms with Gasteiger partial charge >= 0.3 is 0 Å². The number of hydrogen-bond donors (Lipinski definition) is 2. The van der Waals surface area contributed by atoms with E-state index in [1.54, 1.807) is 0 Å². The minimum Gasteiger partial charge on any atom is -0.388 e. The molecule has 0 radical (unpaired) electrons. The van der Waals surface area contributed by atoms with Crippen molar-refractivity contribution in [2.24, 2.45) is 0 Å². The number of aliphatic hydroxyl groups is 1. The molecule has 0 spiro atoms. The summed E-state index contributed by atoms with van der Waals surface area (Å²) in [5.41, 5.74) is -0.313. The smallest absolute Gasteiger partial charge is 0.200 e. The second kappa shape index (κ2) is 4.30. The highest BCUT2D eigenvalue weighted by molar-refractivity contribution is 7.71. The fraction of sp³-hybridized carbons (Fsp3) is 0.111. The van der Waals surface area contributed by atoms with Crippen LogP contribution >= 0.6 is 12.2 Å². The molecule has 2 rings (SSSR count). The summed E-state index contributed by atoms with van der Waals surface area (Å²) < 4.78 is 40.3. The van der Waals surface area contributed by atoms with Gasteiger partial charge in [-0.25, -0.2) is 13.2 Å². The van der Waals surface area contributed by atoms with E-state index in [1.165, 1.54) is 0 Å². The van der Waals surface area contributed by atoms with Gasteiger partial charge in [-0.05, 0) is 12.2 Å². The van der Waals surface area contributed by atoms with Crippen LogP contribution in [0.2, 0.25) is 0 Å². The Morgan fingerprint density at radius 2 is 1.88 bits per heavy atom. The number of hydrogen-bond acceptors (Lipinski definition) is 3. The Bertz CT molecular complexity index is 622. The monoisotopic (exact) mass is 261 g/mol. The summed E-state index contributed by atoms with van der Waals surface area (Å²) >= 11 is 4.81. The molecule has 2 aromatic rings. The first kappa shape index (κ1) is 11.8. The summed E-state index contributed by atoms with van der Waals surface area (Å²) in [6.07, 6.45) is 0. The fourth-order valence-corrected chi connectivity index (χ4v) is 1.62. The lowest BCUT2D eigenvalue weighted by molar-refractivity contribution is 0.268. The van der Waals surface area contributed by atoms with Gasteiger partial charge in [-0.3, -0.25) is 9.67 Å². The number of halogens is 3. The first-order valence-electron chi connectivity index (χ1n) is 4.46. The highest BCUT2D eigenvalue weighted by Gasteiger charge is 2.15. The number of nitrogens with one attached hydrogen (secondary N) is 1. The van der Waals surface area contributed by atoms with Gasteiger partial charge in [0.05, 0.1) is 5.69 Å². The molecule has 0 saturated carbocycles. The average Bonchev–Trinajstić information content (AvgIpc) is 2.65. The third-order valence-corrected chi connectivity index (χ3v) is 2.39. The largest absolute Gasteiger partial charge is 0.388 e. The van der Waals surface area contributed by atoms with Crippen LogP contribution in [0.3, 0.4) is 0 Å². The maximum absolute atomic E-state index is 13.5. The van der Waals surface area contributed by atoms with Crippen molar-refractivity contribution in [2.45, 2.75) is 6.61 Å². The predicted molar refractivity (Wildman–Crippen MR) is 54.5 cm³/mol. The molecule has 0 amide bonds. The number of aromatic amines is 1. The van der Waals surface area contributed by atoms with Crippen LogP contribution in [0.25, 0.3) is 5.69 Å². The van der Waals surface area contributed by atoms with Crippen molar-refractivity contribution in [3.8, 4) is 5.69 Å². The van der Waals surface area contributed by atoms with Gasteiger partial charge in [-0.2, -0.15) is 5.10 Å². The maximum Gasteiger partial charge on any atom is 0.200 e. The van der Waals surface area contributed by atoms with E-state index in [0.717, 1.165) is 4.57 Å². The van der Waals surface area contributed by atoms with Crippen LogP contribution in [0, 0.1) is 22.2 Å². The van der Waals surface area contributed by atoms with Gasteiger partial charge in [-0.1, -0.05) is 0 Å². The SMILES string of the molecule is OCc1n[nH]c(=S)n1-c1cc(F)c(F)cc1F. The lowest BCUT2D eigenvalue weighted by Crippen LogP contribution is -2.05. The van der Waals surface area contributed by atoms with Crippen molar-refractivity contribution in [3.63, 3.8) is 0 Å². The lowest BCUT2D eigenvalue weighted by atomic mass is 10.2. The van der Waals surface area contributed by atoms with Crippen molar-refractivity contribution < 1.29 is 18.3 Å². The summed E-state index contributed by atoms with van der Waals surface area (Å²) in [4.78, 5) is 0. The van der Waals surface area contributed by atoms with Gasteiger partial charge in [0.1, 0.15) is 12.4 Å². The highest BCUT2D eigenvalue weighted by Crippen LogP contribution is 2.19. The zero-order valence-electron chi connectivity index (χ0n) is 8.25. The first-order valence-corrected chi connectivity index (χ1v) is 4.87. The molecule has 1 aromatic carbocycles. The minimum atomic E-state index is -1.30. The van der Waals surface area contributed by atoms with Crippen molar-refractivity contribution in [3.05, 3.63) is 40.2 Å². The molecule has 0 aliphatic rings. The number of nitrogens with zero attached hydrogens (tertiary/aromatic N) is 2. The van der Waals surface area contributed by atoms with Crippen LogP contribution in [0.1, 0.15) is 5.82 Å². The van der Waals surface area contributed by atoms with Crippen molar-refractivity contribution in [2.75, 3.05) is 0 Å². The molecular weight excluding hydrogens is 255 g/mol. The Balaban J connectivity index is 2.72. The van der Waals surface area contributed by atoms with E-state index in [0.29, 0.717) is 12.1 Å². The third-order valence-electron chi connectivity index (χ3n) is 2.11. The summed E-state index contributed by atoms with van der Waals surface area (Å²) in [7, 11) is 0. The van der Waals surface area contributed by atoms with Gasteiger partial charge in [-0.15, -0.1) is 0 Å². The molecule has 0 unspecified atom stereocenters. The topological polar surface area (TPSA) is 53.8 Å². The maximum atomic E-state index is 13.5. The molecule has 0 fully saturated rings. The van der Waals surface area contributed by atoms with E-state index < -0.39 is 24.1 Å². The van der Waals surface area contributed by atoms with Crippen LogP contribution in [0.4, 0.5) is 13.2 Å². The predicted octanol–water partition coefficient (Wildman–Crippen LogP) is 1.84. The van der Waals surface area contributed by atoms with Crippen molar-refractivity contribution in [1.29, 1.82) is 0 Å². The van der Waals surface area contributed by atoms with Gasteiger partial charge < -0.3 is 5.11 Å². The Kier molecular flexibility index (Phi) is 2.99. The molecule has 17 heavy (non-hydrogen) atoms. The summed E-state index contributed by atoms with van der Waals surface area (Å²) in [5.74, 6) is -3.52. The molecule has 0 atom stereocenters. The number of benzene rings is 1. The van der Waals surface area contributed by atoms with Gasteiger partial charge in [0.25, 0.3) is 0 Å². The standard InChI is InChI=1S/C9H6F3N3OS/c10-4-1-6(12)7(2-5(4)11)15-8(3-16)13-14-9(15)17/h1-2,16H,3H2,(H,14,17). The molecule has 90 valence electrons. The lowest BCUT2D eigenvalue weighted by Gasteiger charge is -2.06. The van der Waals surface area contributed by atoms with Gasteiger partial charge in [0.2, 0.25) is 0 Å². The Morgan fingerprint density at radius 3 is 2.53 bits per heavy atom.